The molecule has 10 N–H and O–H groups in total. The van der Waals surface area contributed by atoms with E-state index in [2.05, 4.69) is 59.1 Å². The Kier molecular flexibility index (Phi) is 41.3. The molecule has 0 saturated heterocycles. The molecular formula is C21H46B2N12OP2. The molecule has 0 aliphatic carbocycles. The number of nitrogens with zero attached hydrogens (tertiary/aromatic N) is 7. The van der Waals surface area contributed by atoms with Gasteiger partial charge in [0, 0.05) is 35.7 Å². The predicted octanol–water partition coefficient (Wildman–Crippen LogP) is 1.85. The molecule has 0 bridgehead atoms. The number of aromatic amines is 1. The van der Waals surface area contributed by atoms with Gasteiger partial charge in [-0.1, -0.05) is 41.1 Å². The molecule has 0 aromatic carbocycles. The fourth-order valence-corrected chi connectivity index (χ4v) is 2.46. The van der Waals surface area contributed by atoms with E-state index in [0.29, 0.717) is 17.3 Å². The van der Waals surface area contributed by atoms with E-state index < -0.39 is 0 Å². The molecule has 2 unspecified atom stereocenters. The molecule has 212 valence electrons. The van der Waals surface area contributed by atoms with Crippen LogP contribution in [-0.2, 0) is 6.54 Å². The lowest BCUT2D eigenvalue weighted by Crippen LogP contribution is -1.98. The fourth-order valence-electron chi connectivity index (χ4n) is 2.46. The number of nitrogens with one attached hydrogen (secondary N) is 1. The van der Waals surface area contributed by atoms with Crippen molar-refractivity contribution in [3.63, 3.8) is 0 Å². The van der Waals surface area contributed by atoms with Gasteiger partial charge in [0.15, 0.2) is 11.3 Å². The van der Waals surface area contributed by atoms with Gasteiger partial charge in [0.05, 0.1) is 16.5 Å². The van der Waals surface area contributed by atoms with Crippen LogP contribution in [0.4, 0.5) is 11.6 Å². The van der Waals surface area contributed by atoms with Gasteiger partial charge in [-0.05, 0) is 27.7 Å². The number of hydrogen-bond donors (Lipinski definition) is 6. The van der Waals surface area contributed by atoms with Crippen LogP contribution >= 0.6 is 18.8 Å². The lowest BCUT2D eigenvalue weighted by atomic mass is 10.3. The molecule has 4 rings (SSSR count). The summed E-state index contributed by atoms with van der Waals surface area (Å²) in [5, 5.41) is 20.3. The van der Waals surface area contributed by atoms with Crippen LogP contribution in [0.15, 0.2) is 12.7 Å². The maximum Gasteiger partial charge on any atom is 0.186 e. The number of H-pyrrole nitrogens is 1. The number of terminal acetylenes is 1. The normalized spacial score (nSPS) is 7.66. The van der Waals surface area contributed by atoms with Crippen LogP contribution in [-0.4, -0.2) is 68.5 Å². The Hall–Kier alpha value is -2.87. The van der Waals surface area contributed by atoms with Crippen molar-refractivity contribution in [3.8, 4) is 12.8 Å². The zero-order valence-corrected chi connectivity index (χ0v) is 22.7. The lowest BCUT2D eigenvalue weighted by molar-refractivity contribution is 0.318. The third kappa shape index (κ3) is 14.8. The Balaban J connectivity index is -0.0000000710. The van der Waals surface area contributed by atoms with Crippen molar-refractivity contribution >= 4 is 69.3 Å². The summed E-state index contributed by atoms with van der Waals surface area (Å²) in [5.74, 6) is 0.975. The zero-order valence-electron chi connectivity index (χ0n) is 20.4. The van der Waals surface area contributed by atoms with Crippen LogP contribution in [0, 0.1) is 26.7 Å². The van der Waals surface area contributed by atoms with Crippen LogP contribution in [0.25, 0.3) is 22.1 Å². The number of nitrogens with two attached hydrogens (primary N) is 4. The molecule has 6 radical (unpaired) electrons. The van der Waals surface area contributed by atoms with E-state index in [1.54, 1.807) is 6.92 Å². The molecule has 2 atom stereocenters. The number of nitrogen functional groups attached to an aromatic ring is 2. The molecule has 0 fully saturated rings. The number of anilines is 2. The van der Waals surface area contributed by atoms with E-state index in [1.165, 1.54) is 12.7 Å². The quantitative estimate of drug-likeness (QED) is 0.111. The Labute approximate surface area is 236 Å². The maximum atomic E-state index is 7.57. The van der Waals surface area contributed by atoms with Crippen molar-refractivity contribution in [2.24, 2.45) is 11.0 Å². The van der Waals surface area contributed by atoms with E-state index in [1.807, 2.05) is 44.2 Å². The van der Waals surface area contributed by atoms with Gasteiger partial charge in [0.1, 0.15) is 24.3 Å². The molecular weight excluding hydrogens is 520 g/mol. The standard InChI is InChI=1S/C8H11N5.C6H7N5.C2H6O.C2H2.3CH4.2B.2H4NP/c1-3-13-8-6(5(2)12-13)7(9)10-4-11-8;1-3-4-5(7)8-2-9-6(4)11-10-3;1-2-3;1-2;;;;;;2*1-2/h4H,3H2,1-2H3,(H2,9,10,11);2H,1H3,(H3,7,8,9,10,11);3H,2H2,1H3;1-2H;3*1H4;;;2*1-2H2. The molecule has 38 heavy (non-hydrogen) atoms. The average Bonchev–Trinajstić information content (AvgIpc) is 3.40. The van der Waals surface area contributed by atoms with Gasteiger partial charge in [-0.2, -0.15) is 10.2 Å². The van der Waals surface area contributed by atoms with Gasteiger partial charge >= 0.3 is 0 Å². The molecule has 0 spiro atoms. The van der Waals surface area contributed by atoms with E-state index >= 15 is 0 Å². The number of aliphatic hydroxyl groups is 1. The predicted molar refractivity (Wildman–Crippen MR) is 173 cm³/mol. The minimum atomic E-state index is 0. The number of aromatic nitrogens is 8. The minimum Gasteiger partial charge on any atom is -0.397 e. The van der Waals surface area contributed by atoms with Gasteiger partial charge in [0.25, 0.3) is 0 Å². The van der Waals surface area contributed by atoms with Crippen LogP contribution in [0.5, 0.6) is 0 Å². The van der Waals surface area contributed by atoms with Gasteiger partial charge in [-0.25, -0.2) is 24.6 Å². The largest absolute Gasteiger partial charge is 0.397 e. The summed E-state index contributed by atoms with van der Waals surface area (Å²) in [4.78, 5) is 15.8. The van der Waals surface area contributed by atoms with Crippen molar-refractivity contribution in [1.82, 2.24) is 39.9 Å². The molecule has 0 aliphatic rings. The Morgan fingerprint density at radius 2 is 1.29 bits per heavy atom. The van der Waals surface area contributed by atoms with Gasteiger partial charge in [0.2, 0.25) is 0 Å². The fraction of sp³-hybridized carbons (Fsp3) is 0.429. The first-order chi connectivity index (χ1) is 15.9. The Morgan fingerprint density at radius 3 is 1.71 bits per heavy atom. The highest BCUT2D eigenvalue weighted by molar-refractivity contribution is 7.13. The second-order valence-corrected chi connectivity index (χ2v) is 5.48. The lowest BCUT2D eigenvalue weighted by Gasteiger charge is -1.96. The van der Waals surface area contributed by atoms with Crippen molar-refractivity contribution in [2.75, 3.05) is 18.1 Å². The molecule has 4 aromatic rings. The first kappa shape index (κ1) is 51.7. The number of aryl methyl sites for hydroxylation is 3. The molecule has 0 aliphatic heterocycles. The molecule has 4 aromatic heterocycles. The first-order valence-electron chi connectivity index (χ1n) is 9.40. The highest BCUT2D eigenvalue weighted by Gasteiger charge is 2.10. The summed E-state index contributed by atoms with van der Waals surface area (Å²) in [6.45, 7) is 8.54. The summed E-state index contributed by atoms with van der Waals surface area (Å²) in [6.07, 6.45) is 10.9. The number of fused-ring (bicyclic) bond motifs is 2. The van der Waals surface area contributed by atoms with Crippen molar-refractivity contribution < 1.29 is 5.11 Å². The van der Waals surface area contributed by atoms with Crippen LogP contribution in [0.3, 0.4) is 0 Å². The molecule has 4 heterocycles. The summed E-state index contributed by atoms with van der Waals surface area (Å²) in [6, 6.07) is 0. The highest BCUT2D eigenvalue weighted by Crippen LogP contribution is 2.19. The van der Waals surface area contributed by atoms with Crippen LogP contribution < -0.4 is 22.5 Å². The minimum absolute atomic E-state index is 0. The third-order valence-corrected chi connectivity index (χ3v) is 3.59. The summed E-state index contributed by atoms with van der Waals surface area (Å²) >= 11 is 0. The molecule has 17 heteroatoms. The van der Waals surface area contributed by atoms with E-state index in [4.69, 9.17) is 16.6 Å². The van der Waals surface area contributed by atoms with Crippen molar-refractivity contribution in [2.45, 2.75) is 56.5 Å². The zero-order chi connectivity index (χ0) is 26.0. The van der Waals surface area contributed by atoms with Gasteiger partial charge in [-0.15, -0.1) is 12.8 Å². The van der Waals surface area contributed by atoms with E-state index in [-0.39, 0.29) is 45.7 Å². The van der Waals surface area contributed by atoms with E-state index in [0.717, 1.165) is 34.4 Å². The average molecular weight is 566 g/mol. The second kappa shape index (κ2) is 30.4. The van der Waals surface area contributed by atoms with Crippen molar-refractivity contribution in [1.29, 1.82) is 0 Å². The topological polar surface area (TPSA) is 222 Å². The Morgan fingerprint density at radius 1 is 0.868 bits per heavy atom. The smallest absolute Gasteiger partial charge is 0.186 e. The van der Waals surface area contributed by atoms with Crippen LogP contribution in [0.2, 0.25) is 0 Å². The molecule has 0 amide bonds. The summed E-state index contributed by atoms with van der Waals surface area (Å²) < 4.78 is 1.82. The first-order valence-corrected chi connectivity index (χ1v) is 10.7. The SMILES string of the molecule is C.C.C.C#C.CCO.CCn1nc(C)c2c(N)ncnc21.Cc1[nH]nc2ncnc(N)c12.NP.NP.[B].[B]. The van der Waals surface area contributed by atoms with Gasteiger partial charge < -0.3 is 27.6 Å². The van der Waals surface area contributed by atoms with E-state index in [9.17, 15) is 0 Å². The number of aliphatic hydroxyl groups excluding tert-OH is 1. The number of hydrogen-bond acceptors (Lipinski definition) is 11. The molecule has 13 nitrogen and oxygen atoms in total. The van der Waals surface area contributed by atoms with Crippen LogP contribution in [0.1, 0.15) is 47.5 Å². The highest BCUT2D eigenvalue weighted by atomic mass is 31.0. The monoisotopic (exact) mass is 566 g/mol. The second-order valence-electron chi connectivity index (χ2n) is 5.48. The van der Waals surface area contributed by atoms with Crippen molar-refractivity contribution in [3.05, 3.63) is 24.0 Å². The van der Waals surface area contributed by atoms with Gasteiger partial charge in [-0.3, -0.25) is 5.10 Å². The maximum absolute atomic E-state index is 7.57. The number of rotatable bonds is 1. The molecule has 0 saturated carbocycles. The summed E-state index contributed by atoms with van der Waals surface area (Å²) in [5.41, 5.74) is 23.4. The Bertz CT molecular complexity index is 1090. The third-order valence-electron chi connectivity index (χ3n) is 3.59. The summed E-state index contributed by atoms with van der Waals surface area (Å²) in [7, 11) is 3.83.